The first kappa shape index (κ1) is 18.3. The largest absolute Gasteiger partial charge is 0.379 e. The molecule has 0 N–H and O–H groups in total. The standard InChI is InChI=1S/C21H22FN3OS/c1-15(16-6-8-17(22)9-7-16)27-21-18-4-2-3-5-19(18)23-20(24-21)14-25-10-12-26-13-11-25/h2-9,15H,10-14H2,1H3. The Bertz CT molecular complexity index is 913. The van der Waals surface area contributed by atoms with E-state index in [1.165, 1.54) is 12.1 Å². The van der Waals surface area contributed by atoms with Crippen molar-refractivity contribution in [1.82, 2.24) is 14.9 Å². The predicted molar refractivity (Wildman–Crippen MR) is 106 cm³/mol. The lowest BCUT2D eigenvalue weighted by atomic mass is 10.2. The highest BCUT2D eigenvalue weighted by molar-refractivity contribution is 7.99. The number of para-hydroxylation sites is 1. The molecule has 0 aliphatic carbocycles. The number of hydrogen-bond donors (Lipinski definition) is 0. The summed E-state index contributed by atoms with van der Waals surface area (Å²) in [5, 5.41) is 2.20. The van der Waals surface area contributed by atoms with E-state index in [4.69, 9.17) is 14.7 Å². The maximum absolute atomic E-state index is 13.2. The monoisotopic (exact) mass is 383 g/mol. The van der Waals surface area contributed by atoms with E-state index in [9.17, 15) is 4.39 Å². The second-order valence-corrected chi connectivity index (χ2v) is 7.99. The Kier molecular flexibility index (Phi) is 5.66. The number of thioether (sulfide) groups is 1. The van der Waals surface area contributed by atoms with Crippen LogP contribution in [0.4, 0.5) is 4.39 Å². The Labute approximate surface area is 162 Å². The first-order valence-electron chi connectivity index (χ1n) is 9.17. The van der Waals surface area contributed by atoms with Crippen LogP contribution in [0.1, 0.15) is 23.6 Å². The van der Waals surface area contributed by atoms with Gasteiger partial charge in [0.15, 0.2) is 0 Å². The molecule has 6 heteroatoms. The number of aromatic nitrogens is 2. The van der Waals surface area contributed by atoms with E-state index in [2.05, 4.69) is 17.9 Å². The number of halogens is 1. The number of rotatable bonds is 5. The molecule has 2 heterocycles. The fraction of sp³-hybridized carbons (Fsp3) is 0.333. The molecule has 1 unspecified atom stereocenters. The molecule has 0 saturated carbocycles. The summed E-state index contributed by atoms with van der Waals surface area (Å²) >= 11 is 1.69. The molecule has 0 radical (unpaired) electrons. The molecule has 1 aliphatic rings. The Morgan fingerprint density at radius 1 is 1.07 bits per heavy atom. The van der Waals surface area contributed by atoms with Crippen molar-refractivity contribution < 1.29 is 9.13 Å². The van der Waals surface area contributed by atoms with Crippen LogP contribution in [0.5, 0.6) is 0 Å². The van der Waals surface area contributed by atoms with Crippen molar-refractivity contribution >= 4 is 22.7 Å². The highest BCUT2D eigenvalue weighted by Gasteiger charge is 2.16. The van der Waals surface area contributed by atoms with Gasteiger partial charge in [-0.05, 0) is 30.7 Å². The topological polar surface area (TPSA) is 38.2 Å². The van der Waals surface area contributed by atoms with Gasteiger partial charge in [0.1, 0.15) is 16.7 Å². The third-order valence-electron chi connectivity index (χ3n) is 4.71. The van der Waals surface area contributed by atoms with Crippen LogP contribution in [0.25, 0.3) is 10.9 Å². The van der Waals surface area contributed by atoms with Gasteiger partial charge < -0.3 is 4.74 Å². The molecule has 1 atom stereocenters. The summed E-state index contributed by atoms with van der Waals surface area (Å²) in [5.41, 5.74) is 2.04. The van der Waals surface area contributed by atoms with Crippen molar-refractivity contribution in [3.63, 3.8) is 0 Å². The summed E-state index contributed by atoms with van der Waals surface area (Å²) in [7, 11) is 0. The third kappa shape index (κ3) is 4.46. The van der Waals surface area contributed by atoms with E-state index in [1.54, 1.807) is 11.8 Å². The van der Waals surface area contributed by atoms with Crippen molar-refractivity contribution in [2.45, 2.75) is 23.7 Å². The quantitative estimate of drug-likeness (QED) is 0.481. The lowest BCUT2D eigenvalue weighted by Gasteiger charge is -2.26. The molecule has 1 fully saturated rings. The number of benzene rings is 2. The Hall–Kier alpha value is -2.02. The van der Waals surface area contributed by atoms with Gasteiger partial charge in [-0.15, -0.1) is 0 Å². The van der Waals surface area contributed by atoms with Crippen molar-refractivity contribution in [2.75, 3.05) is 26.3 Å². The zero-order valence-electron chi connectivity index (χ0n) is 15.3. The van der Waals surface area contributed by atoms with Crippen molar-refractivity contribution in [3.8, 4) is 0 Å². The molecular formula is C21H22FN3OS. The van der Waals surface area contributed by atoms with E-state index >= 15 is 0 Å². The van der Waals surface area contributed by atoms with Gasteiger partial charge in [0.2, 0.25) is 0 Å². The molecular weight excluding hydrogens is 361 g/mol. The number of morpholine rings is 1. The van der Waals surface area contributed by atoms with Crippen molar-refractivity contribution in [2.24, 2.45) is 0 Å². The highest BCUT2D eigenvalue weighted by atomic mass is 32.2. The van der Waals surface area contributed by atoms with Gasteiger partial charge >= 0.3 is 0 Å². The summed E-state index contributed by atoms with van der Waals surface area (Å²) < 4.78 is 18.6. The number of ether oxygens (including phenoxy) is 1. The number of hydrogen-bond acceptors (Lipinski definition) is 5. The second kappa shape index (κ2) is 8.33. The molecule has 0 bridgehead atoms. The van der Waals surface area contributed by atoms with Gasteiger partial charge in [0, 0.05) is 23.7 Å². The summed E-state index contributed by atoms with van der Waals surface area (Å²) in [6, 6.07) is 14.8. The molecule has 27 heavy (non-hydrogen) atoms. The average molecular weight is 383 g/mol. The lowest BCUT2D eigenvalue weighted by molar-refractivity contribution is 0.0330. The SMILES string of the molecule is CC(Sc1nc(CN2CCOCC2)nc2ccccc12)c1ccc(F)cc1. The minimum Gasteiger partial charge on any atom is -0.379 e. The van der Waals surface area contributed by atoms with Gasteiger partial charge in [0.05, 0.1) is 25.3 Å². The predicted octanol–water partition coefficient (Wildman–Crippen LogP) is 4.45. The normalized spacial score (nSPS) is 16.5. The van der Waals surface area contributed by atoms with E-state index < -0.39 is 0 Å². The molecule has 1 aliphatic heterocycles. The lowest BCUT2D eigenvalue weighted by Crippen LogP contribution is -2.36. The molecule has 3 aromatic rings. The minimum atomic E-state index is -0.212. The van der Waals surface area contributed by atoms with Gasteiger partial charge in [-0.2, -0.15) is 0 Å². The maximum atomic E-state index is 13.2. The van der Waals surface area contributed by atoms with Gasteiger partial charge in [-0.25, -0.2) is 14.4 Å². The molecule has 140 valence electrons. The average Bonchev–Trinajstić information content (AvgIpc) is 2.69. The third-order valence-corrected chi connectivity index (χ3v) is 5.87. The van der Waals surface area contributed by atoms with Crippen molar-refractivity contribution in [1.29, 1.82) is 0 Å². The van der Waals surface area contributed by atoms with E-state index in [0.717, 1.165) is 60.2 Å². The van der Waals surface area contributed by atoms with Crippen LogP contribution in [0.15, 0.2) is 53.6 Å². The maximum Gasteiger partial charge on any atom is 0.144 e. The van der Waals surface area contributed by atoms with Crippen LogP contribution in [-0.2, 0) is 11.3 Å². The van der Waals surface area contributed by atoms with Gasteiger partial charge in [-0.1, -0.05) is 42.1 Å². The summed E-state index contributed by atoms with van der Waals surface area (Å²) in [6.07, 6.45) is 0. The summed E-state index contributed by atoms with van der Waals surface area (Å²) in [6.45, 7) is 6.19. The van der Waals surface area contributed by atoms with Crippen LogP contribution in [0.2, 0.25) is 0 Å². The summed E-state index contributed by atoms with van der Waals surface area (Å²) in [5.74, 6) is 0.626. The van der Waals surface area contributed by atoms with Gasteiger partial charge in [-0.3, -0.25) is 4.90 Å². The van der Waals surface area contributed by atoms with E-state index in [1.807, 2.05) is 30.3 Å². The second-order valence-electron chi connectivity index (χ2n) is 6.66. The van der Waals surface area contributed by atoms with E-state index in [0.29, 0.717) is 0 Å². The smallest absolute Gasteiger partial charge is 0.144 e. The minimum absolute atomic E-state index is 0.167. The Morgan fingerprint density at radius 3 is 2.59 bits per heavy atom. The zero-order valence-corrected chi connectivity index (χ0v) is 16.1. The van der Waals surface area contributed by atoms with Crippen LogP contribution in [-0.4, -0.2) is 41.2 Å². The highest BCUT2D eigenvalue weighted by Crippen LogP contribution is 2.37. The Morgan fingerprint density at radius 2 is 1.81 bits per heavy atom. The molecule has 1 saturated heterocycles. The molecule has 4 nitrogen and oxygen atoms in total. The Balaban J connectivity index is 1.62. The number of nitrogens with zero attached hydrogens (tertiary/aromatic N) is 3. The van der Waals surface area contributed by atoms with Gasteiger partial charge in [0.25, 0.3) is 0 Å². The summed E-state index contributed by atoms with van der Waals surface area (Å²) in [4.78, 5) is 12.0. The zero-order chi connectivity index (χ0) is 18.6. The van der Waals surface area contributed by atoms with E-state index in [-0.39, 0.29) is 11.1 Å². The molecule has 0 amide bonds. The molecule has 4 rings (SSSR count). The van der Waals surface area contributed by atoms with Crippen molar-refractivity contribution in [3.05, 3.63) is 65.7 Å². The number of fused-ring (bicyclic) bond motifs is 1. The van der Waals surface area contributed by atoms with Crippen LogP contribution in [0.3, 0.4) is 0 Å². The fourth-order valence-corrected chi connectivity index (χ4v) is 4.27. The molecule has 2 aromatic carbocycles. The van der Waals surface area contributed by atoms with Crippen LogP contribution < -0.4 is 0 Å². The molecule has 0 spiro atoms. The molecule has 1 aromatic heterocycles. The van der Waals surface area contributed by atoms with Crippen LogP contribution >= 0.6 is 11.8 Å². The van der Waals surface area contributed by atoms with Crippen LogP contribution in [0, 0.1) is 5.82 Å². The first-order chi connectivity index (χ1) is 13.2. The first-order valence-corrected chi connectivity index (χ1v) is 10.0. The fourth-order valence-electron chi connectivity index (χ4n) is 3.18.